The lowest BCUT2D eigenvalue weighted by atomic mass is 10.1. The molecule has 3 heteroatoms. The molecule has 0 saturated carbocycles. The maximum absolute atomic E-state index is 11.1. The molecular formula is C18H21NO2. The van der Waals surface area contributed by atoms with Gasteiger partial charge in [0.25, 0.3) is 0 Å². The Morgan fingerprint density at radius 1 is 0.952 bits per heavy atom. The first kappa shape index (κ1) is 15.3. The molecule has 0 unspecified atom stereocenters. The third-order valence-corrected chi connectivity index (χ3v) is 3.45. The van der Waals surface area contributed by atoms with Crippen LogP contribution in [0.4, 0.5) is 0 Å². The highest BCUT2D eigenvalue weighted by Gasteiger charge is 2.16. The summed E-state index contributed by atoms with van der Waals surface area (Å²) in [5.74, 6) is -1.13. The van der Waals surface area contributed by atoms with Crippen LogP contribution >= 0.6 is 0 Å². The fourth-order valence-corrected chi connectivity index (χ4v) is 2.33. The van der Waals surface area contributed by atoms with Gasteiger partial charge in [0.2, 0.25) is 0 Å². The third-order valence-electron chi connectivity index (χ3n) is 3.45. The van der Waals surface area contributed by atoms with Crippen molar-refractivity contribution in [2.24, 2.45) is 5.92 Å². The smallest absolute Gasteiger partial charge is 0.307 e. The van der Waals surface area contributed by atoms with Crippen LogP contribution in [0.3, 0.4) is 0 Å². The average molecular weight is 283 g/mol. The number of hydrogen-bond donors (Lipinski definition) is 1. The molecule has 0 spiro atoms. The molecule has 1 N–H and O–H groups in total. The van der Waals surface area contributed by atoms with E-state index < -0.39 is 5.97 Å². The van der Waals surface area contributed by atoms with Gasteiger partial charge in [-0.15, -0.1) is 0 Å². The number of hydrogen-bond acceptors (Lipinski definition) is 2. The predicted molar refractivity (Wildman–Crippen MR) is 83.8 cm³/mol. The molecule has 1 atom stereocenters. The second-order valence-corrected chi connectivity index (χ2v) is 5.38. The Morgan fingerprint density at radius 3 is 1.76 bits per heavy atom. The molecule has 0 aliphatic heterocycles. The molecule has 2 aromatic rings. The summed E-state index contributed by atoms with van der Waals surface area (Å²) in [6.07, 6.45) is 0. The zero-order valence-electron chi connectivity index (χ0n) is 12.3. The standard InChI is InChI=1S/C18H21NO2/c1-15(18(20)21)12-19(13-16-8-4-2-5-9-16)14-17-10-6-3-7-11-17/h2-11,15H,12-14H2,1H3,(H,20,21)/t15-/m0/s1. The SMILES string of the molecule is C[C@@H](CN(Cc1ccccc1)Cc1ccccc1)C(=O)O. The largest absolute Gasteiger partial charge is 0.481 e. The van der Waals surface area contributed by atoms with Crippen molar-refractivity contribution in [3.8, 4) is 0 Å². The molecule has 0 bridgehead atoms. The zero-order valence-corrected chi connectivity index (χ0v) is 12.3. The van der Waals surface area contributed by atoms with E-state index in [-0.39, 0.29) is 5.92 Å². The quantitative estimate of drug-likeness (QED) is 0.846. The Kier molecular flexibility index (Phi) is 5.52. The number of carboxylic acids is 1. The summed E-state index contributed by atoms with van der Waals surface area (Å²) in [7, 11) is 0. The van der Waals surface area contributed by atoms with Gasteiger partial charge >= 0.3 is 5.97 Å². The van der Waals surface area contributed by atoms with Crippen molar-refractivity contribution in [1.29, 1.82) is 0 Å². The van der Waals surface area contributed by atoms with Crippen molar-refractivity contribution >= 4 is 5.97 Å². The highest BCUT2D eigenvalue weighted by molar-refractivity contribution is 5.69. The van der Waals surface area contributed by atoms with Crippen LogP contribution in [0.25, 0.3) is 0 Å². The molecule has 3 nitrogen and oxygen atoms in total. The molecule has 0 aliphatic carbocycles. The molecule has 110 valence electrons. The summed E-state index contributed by atoms with van der Waals surface area (Å²) in [5, 5.41) is 9.14. The van der Waals surface area contributed by atoms with Gasteiger partial charge in [0.1, 0.15) is 0 Å². The van der Waals surface area contributed by atoms with Gasteiger partial charge in [-0.25, -0.2) is 0 Å². The first-order valence-corrected chi connectivity index (χ1v) is 7.18. The topological polar surface area (TPSA) is 40.5 Å². The molecule has 0 aromatic heterocycles. The van der Waals surface area contributed by atoms with E-state index in [1.165, 1.54) is 11.1 Å². The molecule has 0 heterocycles. The van der Waals surface area contributed by atoms with Crippen LogP contribution < -0.4 is 0 Å². The van der Waals surface area contributed by atoms with E-state index in [0.29, 0.717) is 6.54 Å². The number of rotatable bonds is 7. The fourth-order valence-electron chi connectivity index (χ4n) is 2.33. The van der Waals surface area contributed by atoms with Crippen LogP contribution in [-0.2, 0) is 17.9 Å². The minimum absolute atomic E-state index is 0.377. The lowest BCUT2D eigenvalue weighted by Gasteiger charge is -2.24. The van der Waals surface area contributed by atoms with Gasteiger partial charge in [-0.2, -0.15) is 0 Å². The van der Waals surface area contributed by atoms with Crippen molar-refractivity contribution in [3.63, 3.8) is 0 Å². The predicted octanol–water partition coefficient (Wildman–Crippen LogP) is 3.41. The second-order valence-electron chi connectivity index (χ2n) is 5.38. The van der Waals surface area contributed by atoms with E-state index in [1.807, 2.05) is 36.4 Å². The Morgan fingerprint density at radius 2 is 1.38 bits per heavy atom. The number of carbonyl (C=O) groups is 1. The Bertz CT molecular complexity index is 512. The fraction of sp³-hybridized carbons (Fsp3) is 0.278. The second kappa shape index (κ2) is 7.60. The summed E-state index contributed by atoms with van der Waals surface area (Å²) >= 11 is 0. The van der Waals surface area contributed by atoms with Gasteiger partial charge in [-0.3, -0.25) is 9.69 Å². The van der Waals surface area contributed by atoms with Gasteiger partial charge < -0.3 is 5.11 Å². The monoisotopic (exact) mass is 283 g/mol. The van der Waals surface area contributed by atoms with E-state index in [4.69, 9.17) is 5.11 Å². The van der Waals surface area contributed by atoms with Gasteiger partial charge in [0.05, 0.1) is 5.92 Å². The van der Waals surface area contributed by atoms with Gasteiger partial charge in [0.15, 0.2) is 0 Å². The summed E-state index contributed by atoms with van der Waals surface area (Å²) in [6.45, 7) is 3.81. The first-order valence-electron chi connectivity index (χ1n) is 7.18. The molecule has 0 aliphatic rings. The van der Waals surface area contributed by atoms with Gasteiger partial charge in [-0.05, 0) is 11.1 Å². The van der Waals surface area contributed by atoms with Crippen molar-refractivity contribution < 1.29 is 9.90 Å². The Balaban J connectivity index is 2.08. The molecule has 0 fully saturated rings. The van der Waals surface area contributed by atoms with Gasteiger partial charge in [0, 0.05) is 19.6 Å². The molecule has 2 aromatic carbocycles. The van der Waals surface area contributed by atoms with Crippen LogP contribution in [0.5, 0.6) is 0 Å². The Labute approximate surface area is 125 Å². The van der Waals surface area contributed by atoms with Crippen LogP contribution in [0, 0.1) is 5.92 Å². The molecular weight excluding hydrogens is 262 g/mol. The normalized spacial score (nSPS) is 12.3. The summed E-state index contributed by atoms with van der Waals surface area (Å²) < 4.78 is 0. The van der Waals surface area contributed by atoms with Crippen LogP contribution in [0.2, 0.25) is 0 Å². The number of benzene rings is 2. The molecule has 21 heavy (non-hydrogen) atoms. The number of aliphatic carboxylic acids is 1. The van der Waals surface area contributed by atoms with E-state index in [1.54, 1.807) is 6.92 Å². The van der Waals surface area contributed by atoms with Crippen LogP contribution in [0.15, 0.2) is 60.7 Å². The molecule has 2 rings (SSSR count). The Hall–Kier alpha value is -2.13. The lowest BCUT2D eigenvalue weighted by Crippen LogP contribution is -2.31. The average Bonchev–Trinajstić information content (AvgIpc) is 2.49. The van der Waals surface area contributed by atoms with Crippen molar-refractivity contribution in [3.05, 3.63) is 71.8 Å². The van der Waals surface area contributed by atoms with Crippen LogP contribution in [0.1, 0.15) is 18.1 Å². The molecule has 0 amide bonds. The molecule has 0 radical (unpaired) electrons. The van der Waals surface area contributed by atoms with Crippen LogP contribution in [-0.4, -0.2) is 22.5 Å². The first-order chi connectivity index (χ1) is 10.1. The summed E-state index contributed by atoms with van der Waals surface area (Å²) in [6, 6.07) is 20.3. The number of carboxylic acid groups (broad SMARTS) is 1. The van der Waals surface area contributed by atoms with E-state index in [0.717, 1.165) is 13.1 Å². The highest BCUT2D eigenvalue weighted by atomic mass is 16.4. The van der Waals surface area contributed by atoms with Crippen molar-refractivity contribution in [1.82, 2.24) is 4.90 Å². The minimum atomic E-state index is -0.749. The lowest BCUT2D eigenvalue weighted by molar-refractivity contribution is -0.141. The summed E-state index contributed by atoms with van der Waals surface area (Å²) in [4.78, 5) is 13.3. The number of nitrogens with zero attached hydrogens (tertiary/aromatic N) is 1. The maximum atomic E-state index is 11.1. The zero-order chi connectivity index (χ0) is 15.1. The third kappa shape index (κ3) is 5.04. The van der Waals surface area contributed by atoms with Gasteiger partial charge in [-0.1, -0.05) is 67.6 Å². The van der Waals surface area contributed by atoms with E-state index >= 15 is 0 Å². The van der Waals surface area contributed by atoms with Crippen molar-refractivity contribution in [2.75, 3.05) is 6.54 Å². The minimum Gasteiger partial charge on any atom is -0.481 e. The summed E-state index contributed by atoms with van der Waals surface area (Å²) in [5.41, 5.74) is 2.40. The highest BCUT2D eigenvalue weighted by Crippen LogP contribution is 2.12. The van der Waals surface area contributed by atoms with E-state index in [2.05, 4.69) is 29.2 Å². The van der Waals surface area contributed by atoms with E-state index in [9.17, 15) is 4.79 Å². The molecule has 0 saturated heterocycles. The van der Waals surface area contributed by atoms with Crippen molar-refractivity contribution in [2.45, 2.75) is 20.0 Å². The maximum Gasteiger partial charge on any atom is 0.307 e.